The maximum atomic E-state index is 13.0. The molecule has 192 valence electrons. The van der Waals surface area contributed by atoms with Crippen LogP contribution < -0.4 is 15.5 Å². The van der Waals surface area contributed by atoms with Crippen molar-refractivity contribution in [2.45, 2.75) is 32.2 Å². The molecule has 2 amide bonds. The first-order valence-corrected chi connectivity index (χ1v) is 12.0. The number of ether oxygens (including phenoxy) is 3. The number of esters is 1. The molecule has 2 N–H and O–H groups in total. The van der Waals surface area contributed by atoms with Crippen molar-refractivity contribution in [1.82, 2.24) is 0 Å². The van der Waals surface area contributed by atoms with Crippen molar-refractivity contribution in [1.29, 1.82) is 5.26 Å². The van der Waals surface area contributed by atoms with Gasteiger partial charge in [-0.2, -0.15) is 5.26 Å². The molecule has 0 spiro atoms. The molecule has 0 radical (unpaired) electrons. The number of hydrogen-bond donors (Lipinski definition) is 2. The van der Waals surface area contributed by atoms with E-state index < -0.39 is 6.03 Å². The van der Waals surface area contributed by atoms with E-state index in [9.17, 15) is 9.59 Å². The average Bonchev–Trinajstić information content (AvgIpc) is 2.88. The minimum Gasteiger partial charge on any atom is -0.469 e. The van der Waals surface area contributed by atoms with Crippen LogP contribution in [0.4, 0.5) is 21.9 Å². The largest absolute Gasteiger partial charge is 0.469 e. The van der Waals surface area contributed by atoms with Crippen LogP contribution in [0.3, 0.4) is 0 Å². The highest BCUT2D eigenvalue weighted by Crippen LogP contribution is 2.35. The van der Waals surface area contributed by atoms with Crippen molar-refractivity contribution in [2.75, 3.05) is 56.1 Å². The summed E-state index contributed by atoms with van der Waals surface area (Å²) in [6, 6.07) is 14.3. The maximum absolute atomic E-state index is 13.0. The number of amides is 2. The predicted octanol–water partition coefficient (Wildman–Crippen LogP) is 4.36. The van der Waals surface area contributed by atoms with Crippen LogP contribution >= 0.6 is 0 Å². The molecule has 9 nitrogen and oxygen atoms in total. The standard InChI is InChI=1S/C27H34N4O5/c1-18(2)25-17-36-12-11-31(25)24-10-7-20(21(16-34-3)14-26(32)35-4)13-23(24)30-27(33)29-22-8-5-19(15-28)6-9-22/h5-10,13,18,21,25H,11-12,14,16-17H2,1-4H3,(H2,29,30,33)/t21?,25-/m0/s1. The quantitative estimate of drug-likeness (QED) is 0.498. The highest BCUT2D eigenvalue weighted by Gasteiger charge is 2.29. The van der Waals surface area contributed by atoms with E-state index in [0.29, 0.717) is 49.2 Å². The number of hydrogen-bond acceptors (Lipinski definition) is 7. The third-order valence-electron chi connectivity index (χ3n) is 6.27. The Hall–Kier alpha value is -3.61. The van der Waals surface area contributed by atoms with Gasteiger partial charge in [-0.15, -0.1) is 0 Å². The summed E-state index contributed by atoms with van der Waals surface area (Å²) >= 11 is 0. The van der Waals surface area contributed by atoms with Gasteiger partial charge in [0.1, 0.15) is 0 Å². The average molecular weight is 495 g/mol. The summed E-state index contributed by atoms with van der Waals surface area (Å²) in [4.78, 5) is 27.3. The van der Waals surface area contributed by atoms with E-state index in [0.717, 1.165) is 11.3 Å². The van der Waals surface area contributed by atoms with E-state index in [-0.39, 0.29) is 24.3 Å². The zero-order valence-electron chi connectivity index (χ0n) is 21.2. The van der Waals surface area contributed by atoms with Crippen LogP contribution in [0.2, 0.25) is 0 Å². The van der Waals surface area contributed by atoms with E-state index in [4.69, 9.17) is 19.5 Å². The van der Waals surface area contributed by atoms with Crippen molar-refractivity contribution < 1.29 is 23.8 Å². The third kappa shape index (κ3) is 6.97. The molecule has 2 aromatic carbocycles. The lowest BCUT2D eigenvalue weighted by Gasteiger charge is -2.40. The molecule has 0 saturated carbocycles. The second-order valence-electron chi connectivity index (χ2n) is 9.06. The first-order valence-electron chi connectivity index (χ1n) is 12.0. The number of anilines is 3. The minimum absolute atomic E-state index is 0.150. The second-order valence-corrected chi connectivity index (χ2v) is 9.06. The lowest BCUT2D eigenvalue weighted by molar-refractivity contribution is -0.141. The van der Waals surface area contributed by atoms with Crippen LogP contribution in [0.1, 0.15) is 37.3 Å². The molecule has 1 aliphatic rings. The monoisotopic (exact) mass is 494 g/mol. The van der Waals surface area contributed by atoms with Crippen LogP contribution in [0.5, 0.6) is 0 Å². The van der Waals surface area contributed by atoms with Gasteiger partial charge in [0, 0.05) is 25.3 Å². The molecule has 9 heteroatoms. The Kier molecular flexibility index (Phi) is 9.68. The van der Waals surface area contributed by atoms with Crippen molar-refractivity contribution in [3.05, 3.63) is 53.6 Å². The number of nitrogens with one attached hydrogen (secondary N) is 2. The molecule has 36 heavy (non-hydrogen) atoms. The Balaban J connectivity index is 1.94. The highest BCUT2D eigenvalue weighted by atomic mass is 16.5. The number of carbonyl (C=O) groups excluding carboxylic acids is 2. The van der Waals surface area contributed by atoms with Crippen LogP contribution in [0.25, 0.3) is 0 Å². The van der Waals surface area contributed by atoms with Crippen LogP contribution in [0.15, 0.2) is 42.5 Å². The number of methoxy groups -OCH3 is 2. The van der Waals surface area contributed by atoms with E-state index >= 15 is 0 Å². The summed E-state index contributed by atoms with van der Waals surface area (Å²) < 4.78 is 16.0. The number of urea groups is 1. The van der Waals surface area contributed by atoms with Crippen LogP contribution in [-0.2, 0) is 19.0 Å². The Labute approximate surface area is 212 Å². The first-order chi connectivity index (χ1) is 17.4. The molecule has 2 atom stereocenters. The smallest absolute Gasteiger partial charge is 0.323 e. The molecule has 0 aromatic heterocycles. The van der Waals surface area contributed by atoms with Gasteiger partial charge in [-0.25, -0.2) is 4.79 Å². The molecule has 0 bridgehead atoms. The zero-order valence-corrected chi connectivity index (χ0v) is 21.2. The first kappa shape index (κ1) is 27.0. The van der Waals surface area contributed by atoms with Crippen LogP contribution in [0, 0.1) is 17.2 Å². The molecule has 2 aromatic rings. The SMILES string of the molecule is COCC(CC(=O)OC)c1ccc(N2CCOC[C@H]2C(C)C)c(NC(=O)Nc2ccc(C#N)cc2)c1. The van der Waals surface area contributed by atoms with E-state index in [1.54, 1.807) is 31.4 Å². The number of rotatable bonds is 9. The molecule has 1 aliphatic heterocycles. The number of nitriles is 1. The summed E-state index contributed by atoms with van der Waals surface area (Å²) in [5, 5.41) is 14.8. The molecule has 1 heterocycles. The van der Waals surface area contributed by atoms with Crippen molar-refractivity contribution in [3.63, 3.8) is 0 Å². The fraction of sp³-hybridized carbons (Fsp3) is 0.444. The lowest BCUT2D eigenvalue weighted by atomic mass is 9.94. The summed E-state index contributed by atoms with van der Waals surface area (Å²) in [7, 11) is 2.95. The van der Waals surface area contributed by atoms with Gasteiger partial charge in [0.05, 0.1) is 62.4 Å². The van der Waals surface area contributed by atoms with Gasteiger partial charge in [0.25, 0.3) is 0 Å². The van der Waals surface area contributed by atoms with E-state index in [1.165, 1.54) is 7.11 Å². The van der Waals surface area contributed by atoms with Gasteiger partial charge < -0.3 is 29.7 Å². The molecule has 1 unspecified atom stereocenters. The van der Waals surface area contributed by atoms with Gasteiger partial charge in [-0.05, 0) is 47.9 Å². The van der Waals surface area contributed by atoms with Crippen molar-refractivity contribution in [3.8, 4) is 6.07 Å². The minimum atomic E-state index is -0.413. The fourth-order valence-electron chi connectivity index (χ4n) is 4.30. The van der Waals surface area contributed by atoms with Crippen LogP contribution in [-0.4, -0.2) is 58.6 Å². The Bertz CT molecular complexity index is 1080. The summed E-state index contributed by atoms with van der Waals surface area (Å²) in [6.07, 6.45) is 0.159. The number of morpholine rings is 1. The van der Waals surface area contributed by atoms with Gasteiger partial charge in [-0.3, -0.25) is 4.79 Å². The fourth-order valence-corrected chi connectivity index (χ4v) is 4.30. The van der Waals surface area contributed by atoms with Gasteiger partial charge in [0.2, 0.25) is 0 Å². The molecule has 0 aliphatic carbocycles. The number of carbonyl (C=O) groups is 2. The van der Waals surface area contributed by atoms with Gasteiger partial charge >= 0.3 is 12.0 Å². The molecular formula is C27H34N4O5. The normalized spacial score (nSPS) is 16.2. The Morgan fingerprint density at radius 3 is 2.56 bits per heavy atom. The van der Waals surface area contributed by atoms with E-state index in [2.05, 4.69) is 35.5 Å². The van der Waals surface area contributed by atoms with Crippen molar-refractivity contribution in [2.24, 2.45) is 5.92 Å². The summed E-state index contributed by atoms with van der Waals surface area (Å²) in [6.45, 7) is 6.52. The zero-order chi connectivity index (χ0) is 26.1. The molecular weight excluding hydrogens is 460 g/mol. The third-order valence-corrected chi connectivity index (χ3v) is 6.27. The van der Waals surface area contributed by atoms with Gasteiger partial charge in [0.15, 0.2) is 0 Å². The van der Waals surface area contributed by atoms with E-state index in [1.807, 2.05) is 18.2 Å². The predicted molar refractivity (Wildman–Crippen MR) is 138 cm³/mol. The number of benzene rings is 2. The lowest BCUT2D eigenvalue weighted by Crippen LogP contribution is -2.48. The summed E-state index contributed by atoms with van der Waals surface area (Å²) in [5.41, 5.74) is 3.44. The molecule has 1 fully saturated rings. The summed E-state index contributed by atoms with van der Waals surface area (Å²) in [5.74, 6) is -0.225. The Morgan fingerprint density at radius 1 is 1.17 bits per heavy atom. The van der Waals surface area contributed by atoms with Crippen molar-refractivity contribution >= 4 is 29.1 Å². The Morgan fingerprint density at radius 2 is 1.92 bits per heavy atom. The highest BCUT2D eigenvalue weighted by molar-refractivity contribution is 6.02. The number of nitrogens with zero attached hydrogens (tertiary/aromatic N) is 2. The molecule has 3 rings (SSSR count). The maximum Gasteiger partial charge on any atom is 0.323 e. The topological polar surface area (TPSA) is 113 Å². The van der Waals surface area contributed by atoms with Gasteiger partial charge in [-0.1, -0.05) is 19.9 Å². The molecule has 1 saturated heterocycles. The second kappa shape index (κ2) is 12.9.